The Balaban J connectivity index is 1.37. The molecule has 2 heterocycles. The van der Waals surface area contributed by atoms with Gasteiger partial charge in [-0.25, -0.2) is 0 Å². The van der Waals surface area contributed by atoms with Gasteiger partial charge >= 0.3 is 0 Å². The highest BCUT2D eigenvalue weighted by molar-refractivity contribution is 8.00. The minimum absolute atomic E-state index is 0.114. The number of methoxy groups -OCH3 is 1. The molecule has 0 unspecified atom stereocenters. The van der Waals surface area contributed by atoms with Crippen LogP contribution in [0.4, 0.5) is 0 Å². The van der Waals surface area contributed by atoms with Gasteiger partial charge in [-0.1, -0.05) is 17.8 Å². The molecule has 10 heteroatoms. The van der Waals surface area contributed by atoms with Gasteiger partial charge in [0.15, 0.2) is 11.5 Å². The van der Waals surface area contributed by atoms with Gasteiger partial charge in [0.1, 0.15) is 5.75 Å². The number of carbonyl (C=O) groups excluding carboxylic acids is 1. The maximum atomic E-state index is 12.5. The van der Waals surface area contributed by atoms with Crippen LogP contribution in [-0.4, -0.2) is 45.3 Å². The number of amides is 1. The molecule has 0 aliphatic carbocycles. The average molecular weight is 413 g/mol. The predicted molar refractivity (Wildman–Crippen MR) is 105 cm³/mol. The van der Waals surface area contributed by atoms with E-state index in [4.69, 9.17) is 14.2 Å². The van der Waals surface area contributed by atoms with E-state index in [1.165, 1.54) is 11.8 Å². The van der Waals surface area contributed by atoms with E-state index >= 15 is 0 Å². The third kappa shape index (κ3) is 4.27. The molecule has 1 aliphatic rings. The van der Waals surface area contributed by atoms with Crippen molar-refractivity contribution in [2.45, 2.75) is 23.9 Å². The lowest BCUT2D eigenvalue weighted by Crippen LogP contribution is -2.30. The molecule has 150 valence electrons. The summed E-state index contributed by atoms with van der Waals surface area (Å²) in [6, 6.07) is 13.0. The van der Waals surface area contributed by atoms with Crippen LogP contribution in [0.25, 0.3) is 5.69 Å². The van der Waals surface area contributed by atoms with E-state index in [1.807, 2.05) is 49.4 Å². The number of aromatic nitrogens is 4. The first-order valence-electron chi connectivity index (χ1n) is 8.90. The summed E-state index contributed by atoms with van der Waals surface area (Å²) in [5.74, 6) is 2.04. The first kappa shape index (κ1) is 19.1. The van der Waals surface area contributed by atoms with E-state index in [1.54, 1.807) is 11.8 Å². The predicted octanol–water partition coefficient (Wildman–Crippen LogP) is 2.20. The van der Waals surface area contributed by atoms with Gasteiger partial charge in [-0.2, -0.15) is 4.68 Å². The fourth-order valence-corrected chi connectivity index (χ4v) is 3.57. The molecule has 4 rings (SSSR count). The third-order valence-electron chi connectivity index (χ3n) is 4.31. The standard InChI is InChI=1S/C19H19N5O4S/c1-12(18(25)20-10-13-3-8-16-17(9-13)28-11-27-16)29-19-21-22-23-24(19)14-4-6-15(26-2)7-5-14/h3-9,12H,10-11H2,1-2H3,(H,20,25)/t12-/m1/s1. The van der Waals surface area contributed by atoms with Crippen LogP contribution in [0, 0.1) is 0 Å². The van der Waals surface area contributed by atoms with E-state index in [9.17, 15) is 4.79 Å². The second kappa shape index (κ2) is 8.39. The molecule has 0 fully saturated rings. The van der Waals surface area contributed by atoms with E-state index in [0.29, 0.717) is 17.5 Å². The van der Waals surface area contributed by atoms with Gasteiger partial charge in [-0.3, -0.25) is 4.79 Å². The molecule has 0 bridgehead atoms. The summed E-state index contributed by atoms with van der Waals surface area (Å²) in [7, 11) is 1.61. The summed E-state index contributed by atoms with van der Waals surface area (Å²) in [5, 5.41) is 14.9. The summed E-state index contributed by atoms with van der Waals surface area (Å²) < 4.78 is 17.4. The van der Waals surface area contributed by atoms with E-state index in [2.05, 4.69) is 20.8 Å². The molecule has 0 saturated heterocycles. The van der Waals surface area contributed by atoms with Gasteiger partial charge < -0.3 is 19.5 Å². The summed E-state index contributed by atoms with van der Waals surface area (Å²) in [6.45, 7) is 2.43. The molecule has 3 aromatic rings. The van der Waals surface area contributed by atoms with Gasteiger partial charge in [0, 0.05) is 6.54 Å². The largest absolute Gasteiger partial charge is 0.497 e. The quantitative estimate of drug-likeness (QED) is 0.589. The molecule has 1 N–H and O–H groups in total. The minimum atomic E-state index is -0.382. The van der Waals surface area contributed by atoms with Gasteiger partial charge in [0.05, 0.1) is 18.0 Å². The van der Waals surface area contributed by atoms with Crippen molar-refractivity contribution in [1.29, 1.82) is 0 Å². The van der Waals surface area contributed by atoms with E-state index in [-0.39, 0.29) is 18.0 Å². The molecule has 9 nitrogen and oxygen atoms in total. The first-order valence-corrected chi connectivity index (χ1v) is 9.77. The lowest BCUT2D eigenvalue weighted by Gasteiger charge is -2.12. The van der Waals surface area contributed by atoms with Crippen LogP contribution in [0.3, 0.4) is 0 Å². The fraction of sp³-hybridized carbons (Fsp3) is 0.263. The Kier molecular flexibility index (Phi) is 5.52. The second-order valence-corrected chi connectivity index (χ2v) is 7.54. The number of rotatable bonds is 7. The van der Waals surface area contributed by atoms with Gasteiger partial charge in [0.25, 0.3) is 0 Å². The number of thioether (sulfide) groups is 1. The van der Waals surface area contributed by atoms with E-state index in [0.717, 1.165) is 22.7 Å². The monoisotopic (exact) mass is 413 g/mol. The molecule has 1 aliphatic heterocycles. The summed E-state index contributed by atoms with van der Waals surface area (Å²) in [4.78, 5) is 12.5. The average Bonchev–Trinajstić information content (AvgIpc) is 3.41. The minimum Gasteiger partial charge on any atom is -0.497 e. The van der Waals surface area contributed by atoms with Crippen molar-refractivity contribution in [3.63, 3.8) is 0 Å². The highest BCUT2D eigenvalue weighted by Gasteiger charge is 2.20. The molecule has 0 radical (unpaired) electrons. The Hall–Kier alpha value is -3.27. The zero-order valence-corrected chi connectivity index (χ0v) is 16.7. The van der Waals surface area contributed by atoms with Crippen molar-refractivity contribution >= 4 is 17.7 Å². The Morgan fingerprint density at radius 2 is 2.03 bits per heavy atom. The summed E-state index contributed by atoms with van der Waals surface area (Å²) in [5.41, 5.74) is 1.72. The van der Waals surface area contributed by atoms with Crippen LogP contribution in [-0.2, 0) is 11.3 Å². The van der Waals surface area contributed by atoms with Crippen LogP contribution < -0.4 is 19.5 Å². The number of fused-ring (bicyclic) bond motifs is 1. The highest BCUT2D eigenvalue weighted by Crippen LogP contribution is 2.32. The number of nitrogens with zero attached hydrogens (tertiary/aromatic N) is 4. The van der Waals surface area contributed by atoms with Crippen LogP contribution in [0.5, 0.6) is 17.2 Å². The molecular formula is C19H19N5O4S. The molecule has 29 heavy (non-hydrogen) atoms. The van der Waals surface area contributed by atoms with Gasteiger partial charge in [-0.05, 0) is 59.3 Å². The van der Waals surface area contributed by atoms with Crippen molar-refractivity contribution in [3.8, 4) is 22.9 Å². The Morgan fingerprint density at radius 3 is 2.83 bits per heavy atom. The van der Waals surface area contributed by atoms with Crippen LogP contribution in [0.15, 0.2) is 47.6 Å². The maximum Gasteiger partial charge on any atom is 0.233 e. The molecule has 0 spiro atoms. The Labute approximate surface area is 171 Å². The molecule has 1 atom stereocenters. The lowest BCUT2D eigenvalue weighted by atomic mass is 10.2. The number of nitrogens with one attached hydrogen (secondary N) is 1. The van der Waals surface area contributed by atoms with Crippen LogP contribution in [0.1, 0.15) is 12.5 Å². The summed E-state index contributed by atoms with van der Waals surface area (Å²) in [6.07, 6.45) is 0. The third-order valence-corrected chi connectivity index (χ3v) is 5.35. The van der Waals surface area contributed by atoms with Crippen molar-refractivity contribution in [2.24, 2.45) is 0 Å². The van der Waals surface area contributed by atoms with Crippen LogP contribution >= 0.6 is 11.8 Å². The Bertz CT molecular complexity index is 1010. The molecule has 1 amide bonds. The maximum absolute atomic E-state index is 12.5. The lowest BCUT2D eigenvalue weighted by molar-refractivity contribution is -0.120. The smallest absolute Gasteiger partial charge is 0.233 e. The van der Waals surface area contributed by atoms with Crippen molar-refractivity contribution < 1.29 is 19.0 Å². The molecule has 0 saturated carbocycles. The number of hydrogen-bond donors (Lipinski definition) is 1. The van der Waals surface area contributed by atoms with Gasteiger partial charge in [0.2, 0.25) is 17.9 Å². The zero-order chi connectivity index (χ0) is 20.2. The van der Waals surface area contributed by atoms with Crippen LogP contribution in [0.2, 0.25) is 0 Å². The molecule has 2 aromatic carbocycles. The highest BCUT2D eigenvalue weighted by atomic mass is 32.2. The van der Waals surface area contributed by atoms with E-state index < -0.39 is 0 Å². The number of benzene rings is 2. The second-order valence-electron chi connectivity index (χ2n) is 6.24. The van der Waals surface area contributed by atoms with Crippen molar-refractivity contribution in [3.05, 3.63) is 48.0 Å². The summed E-state index contributed by atoms with van der Waals surface area (Å²) >= 11 is 1.28. The number of tetrazole rings is 1. The molecule has 1 aromatic heterocycles. The van der Waals surface area contributed by atoms with Crippen molar-refractivity contribution in [1.82, 2.24) is 25.5 Å². The number of hydrogen-bond acceptors (Lipinski definition) is 8. The van der Waals surface area contributed by atoms with Crippen molar-refractivity contribution in [2.75, 3.05) is 13.9 Å². The number of ether oxygens (including phenoxy) is 3. The Morgan fingerprint density at radius 1 is 1.24 bits per heavy atom. The SMILES string of the molecule is COc1ccc(-n2nnnc2S[C@H](C)C(=O)NCc2ccc3c(c2)OCO3)cc1. The zero-order valence-electron chi connectivity index (χ0n) is 15.9. The number of carbonyl (C=O) groups is 1. The van der Waals surface area contributed by atoms with Gasteiger partial charge in [-0.15, -0.1) is 5.10 Å². The fourth-order valence-electron chi connectivity index (χ4n) is 2.73. The normalized spacial score (nSPS) is 13.2. The topological polar surface area (TPSA) is 100 Å². The molecular weight excluding hydrogens is 394 g/mol. The first-order chi connectivity index (χ1) is 14.1.